The highest BCUT2D eigenvalue weighted by Crippen LogP contribution is 2.36. The number of carbonyl (C=O) groups excluding carboxylic acids is 1. The third-order valence-corrected chi connectivity index (χ3v) is 6.97. The molecule has 2 atom stereocenters. The van der Waals surface area contributed by atoms with E-state index in [-0.39, 0.29) is 29.4 Å². The lowest BCUT2D eigenvalue weighted by Gasteiger charge is -2.42. The smallest absolute Gasteiger partial charge is 0.410 e. The molecule has 160 valence electrons. The highest BCUT2D eigenvalue weighted by molar-refractivity contribution is 7.99. The van der Waals surface area contributed by atoms with Gasteiger partial charge >= 0.3 is 11.8 Å². The number of thioether (sulfide) groups is 1. The van der Waals surface area contributed by atoms with Crippen molar-refractivity contribution in [1.29, 1.82) is 0 Å². The Hall–Kier alpha value is -2.49. The fourth-order valence-corrected chi connectivity index (χ4v) is 5.78. The Morgan fingerprint density at radius 1 is 1.23 bits per heavy atom. The number of carbonyl (C=O) groups is 1. The van der Waals surface area contributed by atoms with Crippen LogP contribution in [0.3, 0.4) is 0 Å². The molecule has 0 unspecified atom stereocenters. The number of nitrogens with one attached hydrogen (secondary N) is 1. The Labute approximate surface area is 177 Å². The topological polar surface area (TPSA) is 101 Å². The molecule has 3 aliphatic heterocycles. The summed E-state index contributed by atoms with van der Waals surface area (Å²) < 4.78 is 7.21. The number of anilines is 1. The molecule has 5 heterocycles. The Bertz CT molecular complexity index is 1130. The molecule has 2 fully saturated rings. The summed E-state index contributed by atoms with van der Waals surface area (Å²) in [5.74, 6) is 1.27. The Kier molecular flexibility index (Phi) is 4.39. The van der Waals surface area contributed by atoms with Crippen LogP contribution in [0, 0.1) is 0 Å². The highest BCUT2D eigenvalue weighted by Gasteiger charge is 2.45. The Balaban J connectivity index is 1.52. The van der Waals surface area contributed by atoms with Crippen LogP contribution in [0.1, 0.15) is 33.6 Å². The fourth-order valence-electron chi connectivity index (χ4n) is 4.76. The molecule has 0 radical (unpaired) electrons. The van der Waals surface area contributed by atoms with Crippen molar-refractivity contribution >= 4 is 34.6 Å². The van der Waals surface area contributed by atoms with Gasteiger partial charge in [-0.2, -0.15) is 4.98 Å². The van der Waals surface area contributed by atoms with E-state index >= 15 is 0 Å². The van der Waals surface area contributed by atoms with Crippen LogP contribution in [0.2, 0.25) is 0 Å². The van der Waals surface area contributed by atoms with Gasteiger partial charge in [-0.25, -0.2) is 9.59 Å². The third-order valence-electron chi connectivity index (χ3n) is 5.91. The number of fused-ring (bicyclic) bond motifs is 2. The zero-order valence-corrected chi connectivity index (χ0v) is 18.1. The van der Waals surface area contributed by atoms with Crippen molar-refractivity contribution in [3.05, 3.63) is 27.0 Å². The summed E-state index contributed by atoms with van der Waals surface area (Å²) >= 11 is 1.48. The summed E-state index contributed by atoms with van der Waals surface area (Å²) in [4.78, 5) is 49.5. The molecule has 1 N–H and O–H groups in total. The number of aromatic nitrogens is 3. The molecular weight excluding hydrogens is 406 g/mol. The van der Waals surface area contributed by atoms with E-state index in [2.05, 4.69) is 14.9 Å². The first-order chi connectivity index (χ1) is 14.2. The fraction of sp³-hybridized carbons (Fsp3) is 0.600. The second kappa shape index (κ2) is 6.76. The summed E-state index contributed by atoms with van der Waals surface area (Å²) in [5, 5.41) is 0.779. The minimum absolute atomic E-state index is 0.0161. The number of piperazine rings is 1. The van der Waals surface area contributed by atoms with Gasteiger partial charge in [0.25, 0.3) is 5.56 Å². The van der Waals surface area contributed by atoms with Gasteiger partial charge in [0.05, 0.1) is 27.9 Å². The summed E-state index contributed by atoms with van der Waals surface area (Å²) in [7, 11) is 0. The van der Waals surface area contributed by atoms with Crippen molar-refractivity contribution in [2.75, 3.05) is 23.7 Å². The van der Waals surface area contributed by atoms with E-state index in [4.69, 9.17) is 4.74 Å². The third kappa shape index (κ3) is 3.08. The van der Waals surface area contributed by atoms with Crippen LogP contribution >= 0.6 is 11.8 Å². The normalized spacial score (nSPS) is 23.2. The van der Waals surface area contributed by atoms with E-state index in [0.717, 1.165) is 18.2 Å². The molecule has 0 aromatic carbocycles. The number of pyridine rings is 1. The quantitative estimate of drug-likeness (QED) is 0.734. The van der Waals surface area contributed by atoms with E-state index < -0.39 is 5.60 Å². The molecule has 5 rings (SSSR count). The number of H-pyrrole nitrogens is 1. The molecule has 3 aliphatic rings. The molecular formula is C20H25N5O4S. The molecule has 0 aliphatic carbocycles. The second-order valence-corrected chi connectivity index (χ2v) is 10.2. The van der Waals surface area contributed by atoms with Crippen LogP contribution in [0.5, 0.6) is 0 Å². The molecule has 0 spiro atoms. The first kappa shape index (κ1) is 19.5. The van der Waals surface area contributed by atoms with Crippen molar-refractivity contribution in [3.8, 4) is 0 Å². The number of rotatable bonds is 1. The summed E-state index contributed by atoms with van der Waals surface area (Å²) in [5.41, 5.74) is -0.366. The van der Waals surface area contributed by atoms with Gasteiger partial charge in [0.15, 0.2) is 0 Å². The average molecular weight is 432 g/mol. The first-order valence-corrected chi connectivity index (χ1v) is 11.3. The van der Waals surface area contributed by atoms with Gasteiger partial charge in [0.2, 0.25) is 0 Å². The molecule has 1 amide bonds. The molecule has 2 saturated heterocycles. The minimum atomic E-state index is -0.538. The summed E-state index contributed by atoms with van der Waals surface area (Å²) in [6.45, 7) is 7.32. The predicted molar refractivity (Wildman–Crippen MR) is 114 cm³/mol. The SMILES string of the molecule is CC(C)(C)OC(=O)N1[C@@H]2CC[C@H]1CN(c1nc(=O)n3c4c(c(=O)[nH]cc14)SCC3)C2. The van der Waals surface area contributed by atoms with Crippen molar-refractivity contribution in [3.63, 3.8) is 0 Å². The zero-order chi connectivity index (χ0) is 21.2. The van der Waals surface area contributed by atoms with Crippen LogP contribution in [0.15, 0.2) is 20.7 Å². The van der Waals surface area contributed by atoms with E-state index in [9.17, 15) is 14.4 Å². The lowest BCUT2D eigenvalue weighted by Crippen LogP contribution is -2.57. The van der Waals surface area contributed by atoms with Crippen LogP contribution < -0.4 is 16.1 Å². The number of amides is 1. The minimum Gasteiger partial charge on any atom is -0.444 e. The number of ether oxygens (including phenoxy) is 1. The maximum atomic E-state index is 12.8. The lowest BCUT2D eigenvalue weighted by molar-refractivity contribution is 0.0123. The number of aryl methyl sites for hydroxylation is 1. The van der Waals surface area contributed by atoms with Crippen LogP contribution in [-0.2, 0) is 11.3 Å². The van der Waals surface area contributed by atoms with Gasteiger partial charge in [-0.1, -0.05) is 0 Å². The van der Waals surface area contributed by atoms with E-state index in [0.29, 0.717) is 41.6 Å². The highest BCUT2D eigenvalue weighted by atomic mass is 32.2. The van der Waals surface area contributed by atoms with E-state index in [1.54, 1.807) is 10.8 Å². The van der Waals surface area contributed by atoms with E-state index in [1.807, 2.05) is 25.7 Å². The van der Waals surface area contributed by atoms with Gasteiger partial charge in [-0.3, -0.25) is 14.3 Å². The Morgan fingerprint density at radius 2 is 1.93 bits per heavy atom. The van der Waals surface area contributed by atoms with Gasteiger partial charge in [0, 0.05) is 31.6 Å². The number of nitrogens with zero attached hydrogens (tertiary/aromatic N) is 4. The first-order valence-electron chi connectivity index (χ1n) is 10.3. The summed E-state index contributed by atoms with van der Waals surface area (Å²) in [6.07, 6.45) is 3.18. The van der Waals surface area contributed by atoms with Crippen LogP contribution in [0.25, 0.3) is 10.9 Å². The molecule has 2 aromatic rings. The molecule has 10 heteroatoms. The van der Waals surface area contributed by atoms with Gasteiger partial charge in [0.1, 0.15) is 11.4 Å². The van der Waals surface area contributed by atoms with Gasteiger partial charge < -0.3 is 14.6 Å². The Morgan fingerprint density at radius 3 is 2.60 bits per heavy atom. The zero-order valence-electron chi connectivity index (χ0n) is 17.3. The van der Waals surface area contributed by atoms with Gasteiger partial charge in [-0.05, 0) is 33.6 Å². The molecule has 30 heavy (non-hydrogen) atoms. The maximum Gasteiger partial charge on any atom is 0.410 e. The van der Waals surface area contributed by atoms with Crippen molar-refractivity contribution < 1.29 is 9.53 Å². The van der Waals surface area contributed by atoms with Crippen molar-refractivity contribution in [2.45, 2.75) is 62.7 Å². The number of hydrogen-bond acceptors (Lipinski definition) is 7. The largest absolute Gasteiger partial charge is 0.444 e. The van der Waals surface area contributed by atoms with Crippen molar-refractivity contribution in [1.82, 2.24) is 19.4 Å². The molecule has 0 saturated carbocycles. The molecule has 2 bridgehead atoms. The number of hydrogen-bond donors (Lipinski definition) is 1. The van der Waals surface area contributed by atoms with Gasteiger partial charge in [-0.15, -0.1) is 11.8 Å². The predicted octanol–water partition coefficient (Wildman–Crippen LogP) is 1.78. The van der Waals surface area contributed by atoms with Crippen molar-refractivity contribution in [2.24, 2.45) is 0 Å². The monoisotopic (exact) mass is 431 g/mol. The molecule has 9 nitrogen and oxygen atoms in total. The van der Waals surface area contributed by atoms with E-state index in [1.165, 1.54) is 11.8 Å². The lowest BCUT2D eigenvalue weighted by atomic mass is 10.1. The maximum absolute atomic E-state index is 12.8. The summed E-state index contributed by atoms with van der Waals surface area (Å²) in [6, 6.07) is 0.0322. The average Bonchev–Trinajstić information content (AvgIpc) is 2.95. The number of aromatic amines is 1. The molecule has 2 aromatic heterocycles. The van der Waals surface area contributed by atoms with Crippen LogP contribution in [0.4, 0.5) is 10.6 Å². The van der Waals surface area contributed by atoms with Crippen LogP contribution in [-0.4, -0.2) is 62.1 Å². The second-order valence-electron chi connectivity index (χ2n) is 9.10. The standard InChI is InChI=1S/C20H25N5O4S/c1-20(2,3)29-19(28)25-11-4-5-12(25)10-23(9-11)16-13-8-21-17(26)15-14(13)24(6-7-30-15)18(27)22-16/h8,11-12H,4-7,9-10H2,1-3H3,(H,21,26)/t11-,12+.